The first kappa shape index (κ1) is 19.0. The number of carbonyl (C=O) groups excluding carboxylic acids is 1. The number of hydrogen-bond acceptors (Lipinski definition) is 3. The summed E-state index contributed by atoms with van der Waals surface area (Å²) < 4.78 is 5.67. The molecule has 1 aromatic rings. The number of halogens is 2. The van der Waals surface area contributed by atoms with Gasteiger partial charge in [-0.3, -0.25) is 4.79 Å². The van der Waals surface area contributed by atoms with Crippen molar-refractivity contribution in [3.05, 3.63) is 29.3 Å². The van der Waals surface area contributed by atoms with Gasteiger partial charge >= 0.3 is 0 Å². The van der Waals surface area contributed by atoms with Gasteiger partial charge in [0.25, 0.3) is 0 Å². The predicted molar refractivity (Wildman–Crippen MR) is 84.9 cm³/mol. The normalized spacial score (nSPS) is 13.0. The van der Waals surface area contributed by atoms with E-state index in [2.05, 4.69) is 10.6 Å². The van der Waals surface area contributed by atoms with Crippen LogP contribution >= 0.6 is 24.0 Å². The maximum atomic E-state index is 11.7. The Morgan fingerprint density at radius 2 is 2.05 bits per heavy atom. The third-order valence-corrected chi connectivity index (χ3v) is 2.89. The molecule has 0 bridgehead atoms. The molecule has 0 saturated carbocycles. The highest BCUT2D eigenvalue weighted by Gasteiger charge is 2.13. The molecule has 6 heteroatoms. The minimum absolute atomic E-state index is 0. The van der Waals surface area contributed by atoms with E-state index in [1.807, 2.05) is 33.0 Å². The van der Waals surface area contributed by atoms with Crippen LogP contribution in [0.1, 0.15) is 13.8 Å². The van der Waals surface area contributed by atoms with E-state index in [0.717, 1.165) is 0 Å². The van der Waals surface area contributed by atoms with E-state index in [1.165, 1.54) is 0 Å². The number of nitrogens with one attached hydrogen (secondary N) is 2. The summed E-state index contributed by atoms with van der Waals surface area (Å²) in [7, 11) is 1.83. The number of ether oxygens (including phenoxy) is 1. The van der Waals surface area contributed by atoms with Gasteiger partial charge < -0.3 is 15.4 Å². The molecular weight excluding hydrogens is 299 g/mol. The third-order valence-electron chi connectivity index (χ3n) is 2.65. The van der Waals surface area contributed by atoms with E-state index < -0.39 is 0 Å². The molecule has 2 N–H and O–H groups in total. The molecule has 0 aliphatic heterocycles. The maximum Gasteiger partial charge on any atom is 0.224 e. The largest absolute Gasteiger partial charge is 0.489 e. The van der Waals surface area contributed by atoms with Crippen molar-refractivity contribution >= 4 is 29.9 Å². The number of rotatable bonds is 7. The van der Waals surface area contributed by atoms with Crippen LogP contribution in [-0.4, -0.2) is 32.1 Å². The van der Waals surface area contributed by atoms with Crippen molar-refractivity contribution in [3.63, 3.8) is 0 Å². The van der Waals surface area contributed by atoms with Crippen LogP contribution in [-0.2, 0) is 4.79 Å². The van der Waals surface area contributed by atoms with Gasteiger partial charge in [-0.1, -0.05) is 24.6 Å². The molecule has 1 rings (SSSR count). The Hall–Kier alpha value is -0.970. The molecule has 0 aliphatic carbocycles. The first-order valence-electron chi connectivity index (χ1n) is 6.37. The minimum atomic E-state index is -0.107. The zero-order valence-electron chi connectivity index (χ0n) is 12.0. The molecule has 0 heterocycles. The predicted octanol–water partition coefficient (Wildman–Crippen LogP) is 2.50. The molecule has 1 amide bonds. The first-order valence-corrected chi connectivity index (χ1v) is 6.75. The lowest BCUT2D eigenvalue weighted by Crippen LogP contribution is -2.39. The highest BCUT2D eigenvalue weighted by molar-refractivity contribution is 6.30. The third kappa shape index (κ3) is 6.98. The summed E-state index contributed by atoms with van der Waals surface area (Å²) in [5.41, 5.74) is 0. The average molecular weight is 321 g/mol. The summed E-state index contributed by atoms with van der Waals surface area (Å²) >= 11 is 5.88. The van der Waals surface area contributed by atoms with Gasteiger partial charge in [0.1, 0.15) is 11.9 Å². The second-order valence-electron chi connectivity index (χ2n) is 4.59. The van der Waals surface area contributed by atoms with E-state index in [1.54, 1.807) is 12.1 Å². The van der Waals surface area contributed by atoms with Crippen LogP contribution in [0.25, 0.3) is 0 Å². The van der Waals surface area contributed by atoms with Gasteiger partial charge in [0.2, 0.25) is 5.91 Å². The number of benzene rings is 1. The molecule has 20 heavy (non-hydrogen) atoms. The van der Waals surface area contributed by atoms with Crippen molar-refractivity contribution in [1.29, 1.82) is 0 Å². The summed E-state index contributed by atoms with van der Waals surface area (Å²) in [4.78, 5) is 11.7. The summed E-state index contributed by atoms with van der Waals surface area (Å²) in [5.74, 6) is 0.678. The first-order chi connectivity index (χ1) is 9.02. The van der Waals surface area contributed by atoms with Gasteiger partial charge in [-0.2, -0.15) is 0 Å². The Labute approximate surface area is 131 Å². The van der Waals surface area contributed by atoms with Crippen molar-refractivity contribution in [2.24, 2.45) is 5.92 Å². The molecule has 2 atom stereocenters. The van der Waals surface area contributed by atoms with E-state index in [9.17, 15) is 4.79 Å². The lowest BCUT2D eigenvalue weighted by molar-refractivity contribution is -0.124. The topological polar surface area (TPSA) is 50.4 Å². The Balaban J connectivity index is 0.00000361. The summed E-state index contributed by atoms with van der Waals surface area (Å²) in [6, 6.07) is 7.22. The van der Waals surface area contributed by atoms with Crippen molar-refractivity contribution < 1.29 is 9.53 Å². The highest BCUT2D eigenvalue weighted by atomic mass is 35.5. The molecule has 4 nitrogen and oxygen atoms in total. The van der Waals surface area contributed by atoms with Crippen LogP contribution < -0.4 is 15.4 Å². The summed E-state index contributed by atoms with van der Waals surface area (Å²) in [6.07, 6.45) is -0.107. The van der Waals surface area contributed by atoms with Crippen LogP contribution in [0.4, 0.5) is 0 Å². The molecule has 114 valence electrons. The quantitative estimate of drug-likeness (QED) is 0.811. The van der Waals surface area contributed by atoms with Gasteiger partial charge in [-0.25, -0.2) is 0 Å². The minimum Gasteiger partial charge on any atom is -0.489 e. The molecule has 2 unspecified atom stereocenters. The van der Waals surface area contributed by atoms with E-state index in [4.69, 9.17) is 16.3 Å². The zero-order chi connectivity index (χ0) is 14.3. The second kappa shape index (κ2) is 9.86. The van der Waals surface area contributed by atoms with Gasteiger partial charge in [0.05, 0.1) is 6.54 Å². The summed E-state index contributed by atoms with van der Waals surface area (Å²) in [5, 5.41) is 6.48. The smallest absolute Gasteiger partial charge is 0.224 e. The Bertz CT molecular complexity index is 416. The fourth-order valence-electron chi connectivity index (χ4n) is 1.63. The molecule has 0 fully saturated rings. The molecule has 0 aliphatic rings. The fraction of sp³-hybridized carbons (Fsp3) is 0.500. The van der Waals surface area contributed by atoms with Gasteiger partial charge in [-0.15, -0.1) is 12.4 Å². The zero-order valence-corrected chi connectivity index (χ0v) is 13.6. The molecular formula is C14H22Cl2N2O2. The maximum absolute atomic E-state index is 11.7. The lowest BCUT2D eigenvalue weighted by Gasteiger charge is -2.17. The van der Waals surface area contributed by atoms with Crippen LogP contribution in [0, 0.1) is 5.92 Å². The SMILES string of the molecule is CNCC(C)C(=O)NCC(C)Oc1cccc(Cl)c1.Cl. The van der Waals surface area contributed by atoms with Gasteiger partial charge in [0.15, 0.2) is 0 Å². The Morgan fingerprint density at radius 3 is 2.65 bits per heavy atom. The molecule has 0 saturated heterocycles. The van der Waals surface area contributed by atoms with Crippen LogP contribution in [0.3, 0.4) is 0 Å². The number of carbonyl (C=O) groups is 1. The van der Waals surface area contributed by atoms with Crippen LogP contribution in [0.15, 0.2) is 24.3 Å². The van der Waals surface area contributed by atoms with Gasteiger partial charge in [0, 0.05) is 17.5 Å². The Kier molecular flexibility index (Phi) is 9.38. The average Bonchev–Trinajstić information content (AvgIpc) is 2.36. The van der Waals surface area contributed by atoms with Crippen molar-refractivity contribution in [1.82, 2.24) is 10.6 Å². The molecule has 1 aromatic carbocycles. The second-order valence-corrected chi connectivity index (χ2v) is 5.03. The molecule has 0 radical (unpaired) electrons. The van der Waals surface area contributed by atoms with Crippen LogP contribution in [0.5, 0.6) is 5.75 Å². The fourth-order valence-corrected chi connectivity index (χ4v) is 1.81. The van der Waals surface area contributed by atoms with Crippen LogP contribution in [0.2, 0.25) is 5.02 Å². The lowest BCUT2D eigenvalue weighted by atomic mass is 10.1. The monoisotopic (exact) mass is 320 g/mol. The van der Waals surface area contributed by atoms with Gasteiger partial charge in [-0.05, 0) is 32.2 Å². The van der Waals surface area contributed by atoms with Crippen molar-refractivity contribution in [2.75, 3.05) is 20.1 Å². The van der Waals surface area contributed by atoms with Crippen molar-refractivity contribution in [2.45, 2.75) is 20.0 Å². The van der Waals surface area contributed by atoms with E-state index >= 15 is 0 Å². The van der Waals surface area contributed by atoms with Crippen molar-refractivity contribution in [3.8, 4) is 5.75 Å². The van der Waals surface area contributed by atoms with E-state index in [-0.39, 0.29) is 30.3 Å². The summed E-state index contributed by atoms with van der Waals surface area (Å²) in [6.45, 7) is 4.92. The standard InChI is InChI=1S/C14H21ClN2O2.ClH/c1-10(8-16-3)14(18)17-9-11(2)19-13-6-4-5-12(15)7-13;/h4-7,10-11,16H,8-9H2,1-3H3,(H,17,18);1H. The van der Waals surface area contributed by atoms with E-state index in [0.29, 0.717) is 23.9 Å². The number of amides is 1. The number of hydrogen-bond donors (Lipinski definition) is 2. The Morgan fingerprint density at radius 1 is 1.35 bits per heavy atom. The molecule has 0 aromatic heterocycles. The highest BCUT2D eigenvalue weighted by Crippen LogP contribution is 2.18. The molecule has 0 spiro atoms.